The molecule has 30 heteroatoms. The predicted molar refractivity (Wildman–Crippen MR) is 527 cm³/mol. The van der Waals surface area contributed by atoms with Gasteiger partial charge in [-0.25, -0.2) is 14.2 Å². The van der Waals surface area contributed by atoms with Crippen molar-refractivity contribution in [1.82, 2.24) is 32.4 Å². The van der Waals surface area contributed by atoms with Gasteiger partial charge in [0.05, 0.1) is 117 Å². The van der Waals surface area contributed by atoms with Gasteiger partial charge in [0.25, 0.3) is 0 Å². The van der Waals surface area contributed by atoms with Gasteiger partial charge in [-0.2, -0.15) is 21.0 Å². The lowest BCUT2D eigenvalue weighted by Crippen LogP contribution is -2.10. The van der Waals surface area contributed by atoms with Crippen molar-refractivity contribution in [2.75, 3.05) is 41.8 Å². The Balaban J connectivity index is 0.000000131. The molecule has 0 bridgehead atoms. The largest absolute Gasteiger partial charge is 0.497 e. The van der Waals surface area contributed by atoms with Gasteiger partial charge < -0.3 is 66.3 Å². The van der Waals surface area contributed by atoms with Crippen LogP contribution in [-0.4, -0.2) is 91.0 Å². The third-order valence-corrected chi connectivity index (χ3v) is 24.7. The Hall–Kier alpha value is -15.1. The third-order valence-electron chi connectivity index (χ3n) is 22.1. The van der Waals surface area contributed by atoms with Crippen molar-refractivity contribution in [3.63, 3.8) is 0 Å². The van der Waals surface area contributed by atoms with Crippen LogP contribution in [0.25, 0.3) is 121 Å². The van der Waals surface area contributed by atoms with E-state index in [0.717, 1.165) is 156 Å². The van der Waals surface area contributed by atoms with E-state index in [1.165, 1.54) is 23.5 Å². The van der Waals surface area contributed by atoms with Crippen molar-refractivity contribution in [3.8, 4) is 114 Å². The summed E-state index contributed by atoms with van der Waals surface area (Å²) in [6.07, 6.45) is 8.62. The number of ether oxygens (including phenoxy) is 7. The molecule has 8 heterocycles. The number of benzene rings is 11. The second-order valence-corrected chi connectivity index (χ2v) is 33.3. The molecule has 1 amide bonds. The minimum Gasteiger partial charge on any atom is -0.497 e. The molecule has 133 heavy (non-hydrogen) atoms. The van der Waals surface area contributed by atoms with E-state index in [-0.39, 0.29) is 29.2 Å². The number of primary amides is 1. The Morgan fingerprint density at radius 1 is 0.511 bits per heavy atom. The number of amides is 1. The molecular formula is C103H84Br2Cl2FN13O11S. The first-order valence-electron chi connectivity index (χ1n) is 41.8. The van der Waals surface area contributed by atoms with Gasteiger partial charge in [0.15, 0.2) is 11.5 Å². The molecule has 0 saturated heterocycles. The maximum Gasteiger partial charge on any atom is 0.338 e. The van der Waals surface area contributed by atoms with E-state index in [2.05, 4.69) is 89.8 Å². The van der Waals surface area contributed by atoms with Crippen molar-refractivity contribution in [3.05, 3.63) is 317 Å². The molecule has 11 aromatic carbocycles. The highest BCUT2D eigenvalue weighted by Gasteiger charge is 2.29. The normalized spacial score (nSPS) is 11.0. The number of halogens is 5. The zero-order valence-electron chi connectivity index (χ0n) is 73.4. The van der Waals surface area contributed by atoms with Crippen molar-refractivity contribution in [2.24, 2.45) is 5.73 Å². The average Bonchev–Trinajstić information content (AvgIpc) is 1.60. The lowest BCUT2D eigenvalue weighted by atomic mass is 10.0. The Morgan fingerprint density at radius 2 is 1.04 bits per heavy atom. The Bertz CT molecular complexity index is 7640. The standard InChI is InChI=1S/C25H17Cl2N3O2S.C21H20N2O3.C18H18N2O4.C16H9FN2O2.C12H11BrN2.C11H9BrN2/c1-32-17-6-4-16(5-7-17)30-12-19(18-8-2-15(24(28)31)11-23(18)30)25-29-22(13-33-25)14-3-9-20(26)21(27)10-14;1-4-23-19-12-16(25-3)10-11-17(19)18(13-22)20(23)14-6-8-15(9-7-14)21(24)26-5-2;1-4-19-16-11-14(24-3)9-10-15(16)18(20(21)22)17(19)12-5-7-13(23-2)8-6-12;17-11-1-3-13-10(7-18)8-19(14(13)5-11)12-2-4-15-16(6-12)21-9-20-15;1-2-5-15-8-9(7-14)11-6-10(13)3-4-12(11)15;1-2-14-7-8(6-13)10-5-9(12)3-4-11(10)14/h2-13H,1H3,(H2,28,31);6-12H,4-5H2,1-3H3;5-11H,4H2,1-3H3;1-6,8H,9H2;3-4,6,8H,2,5H2,1H3;3-5,7H,2H2,1H3. The highest BCUT2D eigenvalue weighted by molar-refractivity contribution is 9.10. The monoisotopic (exact) mass is 1960 g/mol. The summed E-state index contributed by atoms with van der Waals surface area (Å²) in [5, 5.41) is 57.8. The molecule has 0 unspecified atom stereocenters. The number of hydrogen-bond donors (Lipinski definition) is 1. The number of thiazole rings is 1. The molecule has 668 valence electrons. The van der Waals surface area contributed by atoms with E-state index >= 15 is 0 Å². The molecule has 0 spiro atoms. The van der Waals surface area contributed by atoms with Crippen LogP contribution >= 0.6 is 66.4 Å². The number of methoxy groups -OCH3 is 4. The number of nitriles is 4. The number of nitrogens with zero attached hydrogens (tertiary/aromatic N) is 12. The fourth-order valence-corrected chi connectivity index (χ4v) is 17.7. The van der Waals surface area contributed by atoms with Gasteiger partial charge in [-0.3, -0.25) is 14.9 Å². The van der Waals surface area contributed by atoms with Crippen LogP contribution in [0.2, 0.25) is 10.0 Å². The van der Waals surface area contributed by atoms with Crippen LogP contribution in [0.1, 0.15) is 84.0 Å². The molecule has 0 saturated carbocycles. The Labute approximate surface area is 795 Å². The Kier molecular flexibility index (Phi) is 29.8. The van der Waals surface area contributed by atoms with E-state index in [1.807, 2.05) is 180 Å². The summed E-state index contributed by atoms with van der Waals surface area (Å²) in [4.78, 5) is 40.0. The fraction of sp³-hybridized carbons (Fsp3) is 0.155. The highest BCUT2D eigenvalue weighted by atomic mass is 79.9. The van der Waals surface area contributed by atoms with Crippen molar-refractivity contribution in [2.45, 2.75) is 67.2 Å². The molecule has 7 aromatic heterocycles. The maximum absolute atomic E-state index is 13.5. The number of aryl methyl sites for hydroxylation is 4. The summed E-state index contributed by atoms with van der Waals surface area (Å²) in [5.74, 6) is 3.06. The molecule has 1 aliphatic heterocycles. The van der Waals surface area contributed by atoms with E-state index in [1.54, 1.807) is 113 Å². The van der Waals surface area contributed by atoms with Crippen molar-refractivity contribution < 1.29 is 52.1 Å². The minimum atomic E-state index is -0.475. The number of nitrogens with two attached hydrogens (primary N) is 1. The Morgan fingerprint density at radius 3 is 1.62 bits per heavy atom. The molecule has 24 nitrogen and oxygen atoms in total. The van der Waals surface area contributed by atoms with E-state index in [4.69, 9.17) is 77.6 Å². The molecule has 0 atom stereocenters. The number of aromatic nitrogens is 7. The fourth-order valence-electron chi connectivity index (χ4n) is 15.8. The van der Waals surface area contributed by atoms with Crippen LogP contribution in [0.4, 0.5) is 10.1 Å². The SMILES string of the molecule is CCCn1cc(C#N)c2cc(Br)ccc21.CCOC(=O)c1ccc(-c2c(C#N)c3ccc(OC)cc3n2CC)cc1.CCn1c(-c2ccc(OC)cc2)c([N+](=O)[O-])c2ccc(OC)cc21.CCn1cc(C#N)c2cc(Br)ccc21.COc1ccc(-n2cc(-c3nc(-c4ccc(Cl)c(Cl)c4)cs3)c3ccc(C(N)=O)cc32)cc1.N#Cc1cn(-c2ccc3c(c2)OCO3)c2cc(F)ccc12. The van der Waals surface area contributed by atoms with Crippen LogP contribution in [0.3, 0.4) is 0 Å². The summed E-state index contributed by atoms with van der Waals surface area (Å²) in [5.41, 5.74) is 22.2. The van der Waals surface area contributed by atoms with Gasteiger partial charge in [-0.15, -0.1) is 11.3 Å². The number of carbonyl (C=O) groups excluding carboxylic acids is 2. The second-order valence-electron chi connectivity index (χ2n) is 29.8. The summed E-state index contributed by atoms with van der Waals surface area (Å²) in [7, 11) is 6.43. The average molecular weight is 1960 g/mol. The van der Waals surface area contributed by atoms with Crippen molar-refractivity contribution >= 4 is 149 Å². The molecule has 0 fully saturated rings. The van der Waals surface area contributed by atoms with Crippen LogP contribution in [0, 0.1) is 61.3 Å². The number of esters is 1. The zero-order valence-corrected chi connectivity index (χ0v) is 78.9. The van der Waals surface area contributed by atoms with Gasteiger partial charge >= 0.3 is 11.7 Å². The predicted octanol–water partition coefficient (Wildman–Crippen LogP) is 25.8. The number of nitro groups is 1. The topological polar surface area (TPSA) is 306 Å². The van der Waals surface area contributed by atoms with Crippen LogP contribution < -0.4 is 34.2 Å². The zero-order chi connectivity index (χ0) is 94.4. The smallest absolute Gasteiger partial charge is 0.338 e. The summed E-state index contributed by atoms with van der Waals surface area (Å²) in [6, 6.07) is 74.9. The number of fused-ring (bicyclic) bond motifs is 7. The van der Waals surface area contributed by atoms with E-state index < -0.39 is 5.91 Å². The summed E-state index contributed by atoms with van der Waals surface area (Å²) < 4.78 is 64.3. The summed E-state index contributed by atoms with van der Waals surface area (Å²) >= 11 is 20.6. The highest BCUT2D eigenvalue weighted by Crippen LogP contribution is 2.44. The number of rotatable bonds is 19. The third kappa shape index (κ3) is 20.0. The first kappa shape index (κ1) is 94.0. The van der Waals surface area contributed by atoms with Crippen molar-refractivity contribution in [1.29, 1.82) is 21.0 Å². The van der Waals surface area contributed by atoms with Crippen LogP contribution in [0.5, 0.6) is 34.5 Å². The van der Waals surface area contributed by atoms with Crippen LogP contribution in [0.15, 0.2) is 258 Å². The molecular weight excluding hydrogens is 1880 g/mol. The molecule has 0 radical (unpaired) electrons. The van der Waals surface area contributed by atoms with E-state index in [9.17, 15) is 34.6 Å². The molecule has 0 aliphatic carbocycles. The van der Waals surface area contributed by atoms with Gasteiger partial charge in [-0.1, -0.05) is 86.3 Å². The van der Waals surface area contributed by atoms with Gasteiger partial charge in [0.1, 0.15) is 63.8 Å². The van der Waals surface area contributed by atoms with Gasteiger partial charge in [0, 0.05) is 155 Å². The minimum absolute atomic E-state index is 0.111. The molecule has 18 aromatic rings. The lowest BCUT2D eigenvalue weighted by Gasteiger charge is -2.10. The van der Waals surface area contributed by atoms with E-state index in [0.29, 0.717) is 91.6 Å². The first-order valence-corrected chi connectivity index (χ1v) is 45.0. The second kappa shape index (κ2) is 42.2. The quantitative estimate of drug-likeness (QED) is 0.0447. The molecule has 2 N–H and O–H groups in total. The summed E-state index contributed by atoms with van der Waals surface area (Å²) in [6.45, 7) is 13.7. The van der Waals surface area contributed by atoms with Crippen LogP contribution in [-0.2, 0) is 30.9 Å². The maximum atomic E-state index is 13.5. The lowest BCUT2D eigenvalue weighted by molar-refractivity contribution is -0.382. The molecule has 19 rings (SSSR count). The molecule has 1 aliphatic rings. The van der Waals surface area contributed by atoms with Gasteiger partial charge in [0.2, 0.25) is 12.7 Å². The number of hydrogen-bond acceptors (Lipinski definition) is 17. The number of carbonyl (C=O) groups is 2. The van der Waals surface area contributed by atoms with Gasteiger partial charge in [-0.05, 0) is 216 Å². The first-order chi connectivity index (χ1) is 64.5.